The number of nitrogens with one attached hydrogen (secondary N) is 1. The van der Waals surface area contributed by atoms with E-state index in [4.69, 9.17) is 10.00 Å². The highest BCUT2D eigenvalue weighted by molar-refractivity contribution is 7.89. The van der Waals surface area contributed by atoms with Gasteiger partial charge in [-0.15, -0.1) is 4.83 Å². The van der Waals surface area contributed by atoms with Gasteiger partial charge in [0.05, 0.1) is 23.1 Å². The van der Waals surface area contributed by atoms with Crippen LogP contribution >= 0.6 is 0 Å². The maximum Gasteiger partial charge on any atom is 0.253 e. The van der Waals surface area contributed by atoms with Gasteiger partial charge in [-0.1, -0.05) is 0 Å². The number of ketones is 1. The van der Waals surface area contributed by atoms with Gasteiger partial charge in [0, 0.05) is 24.6 Å². The first-order valence-corrected chi connectivity index (χ1v) is 12.5. The molecule has 1 heterocycles. The molecule has 8 heteroatoms. The Morgan fingerprint density at radius 1 is 1.09 bits per heavy atom. The minimum absolute atomic E-state index is 0.151. The highest BCUT2D eigenvalue weighted by atomic mass is 32.2. The number of carbonyl (C=O) groups excluding carboxylic acids is 1. The molecule has 0 bridgehead atoms. The van der Waals surface area contributed by atoms with Crippen LogP contribution in [0.3, 0.4) is 0 Å². The van der Waals surface area contributed by atoms with Gasteiger partial charge in [0.2, 0.25) is 0 Å². The number of rotatable bonds is 10. The number of benzene rings is 2. The van der Waals surface area contributed by atoms with E-state index in [-0.39, 0.29) is 16.6 Å². The molecule has 1 N–H and O–H groups in total. The highest BCUT2D eigenvalue weighted by Gasteiger charge is 2.30. The molecular formula is C24H27N3O4S. The molecule has 1 atom stereocenters. The maximum atomic E-state index is 12.5. The van der Waals surface area contributed by atoms with Crippen LogP contribution in [0, 0.1) is 23.2 Å². The van der Waals surface area contributed by atoms with Crippen molar-refractivity contribution in [2.24, 2.45) is 11.8 Å². The monoisotopic (exact) mass is 453 g/mol. The van der Waals surface area contributed by atoms with Crippen LogP contribution in [0.15, 0.2) is 53.4 Å². The minimum Gasteiger partial charge on any atom is -0.494 e. The SMILES string of the molecule is N#Cc1ccc(S(=O)(=O)NN2CC[C@@H](CCCOc3ccc(C(=O)C4CC4)cc3)C2)cc1. The fourth-order valence-corrected chi connectivity index (χ4v) is 5.05. The molecule has 2 aromatic carbocycles. The first kappa shape index (κ1) is 22.5. The summed E-state index contributed by atoms with van der Waals surface area (Å²) in [5.41, 5.74) is 1.18. The Balaban J connectivity index is 1.17. The summed E-state index contributed by atoms with van der Waals surface area (Å²) in [6.07, 6.45) is 4.77. The van der Waals surface area contributed by atoms with Gasteiger partial charge in [-0.25, -0.2) is 13.4 Å². The van der Waals surface area contributed by atoms with Crippen LogP contribution in [0.2, 0.25) is 0 Å². The summed E-state index contributed by atoms with van der Waals surface area (Å²) < 4.78 is 30.9. The van der Waals surface area contributed by atoms with Crippen LogP contribution in [0.25, 0.3) is 0 Å². The Morgan fingerprint density at radius 2 is 1.81 bits per heavy atom. The van der Waals surface area contributed by atoms with E-state index in [1.165, 1.54) is 24.3 Å². The van der Waals surface area contributed by atoms with Crippen LogP contribution in [0.1, 0.15) is 48.0 Å². The molecule has 168 valence electrons. The van der Waals surface area contributed by atoms with Gasteiger partial charge in [-0.2, -0.15) is 5.26 Å². The number of hydrogen-bond donors (Lipinski definition) is 1. The van der Waals surface area contributed by atoms with Gasteiger partial charge in [-0.05, 0) is 86.6 Å². The maximum absolute atomic E-state index is 12.5. The Kier molecular flexibility index (Phi) is 6.89. The minimum atomic E-state index is -3.65. The van der Waals surface area contributed by atoms with Crippen molar-refractivity contribution in [2.75, 3.05) is 19.7 Å². The number of Topliss-reactive ketones (excluding diaryl/α,β-unsaturated/α-hetero) is 1. The van der Waals surface area contributed by atoms with E-state index in [1.807, 2.05) is 30.3 Å². The second-order valence-electron chi connectivity index (χ2n) is 8.49. The zero-order valence-electron chi connectivity index (χ0n) is 17.9. The van der Waals surface area contributed by atoms with Crippen molar-refractivity contribution >= 4 is 15.8 Å². The lowest BCUT2D eigenvalue weighted by molar-refractivity contribution is 0.0967. The third-order valence-electron chi connectivity index (χ3n) is 5.94. The van der Waals surface area contributed by atoms with E-state index in [0.717, 1.165) is 43.4 Å². The van der Waals surface area contributed by atoms with Gasteiger partial charge in [0.15, 0.2) is 5.78 Å². The van der Waals surface area contributed by atoms with Gasteiger partial charge in [-0.3, -0.25) is 4.79 Å². The molecule has 7 nitrogen and oxygen atoms in total. The molecule has 1 aliphatic carbocycles. The molecule has 0 aromatic heterocycles. The molecule has 0 spiro atoms. The third kappa shape index (κ3) is 5.74. The smallest absolute Gasteiger partial charge is 0.253 e. The van der Waals surface area contributed by atoms with Crippen molar-refractivity contribution in [3.05, 3.63) is 59.7 Å². The quantitative estimate of drug-likeness (QED) is 0.436. The molecule has 0 amide bonds. The first-order chi connectivity index (χ1) is 15.4. The van der Waals surface area contributed by atoms with Crippen molar-refractivity contribution in [1.29, 1.82) is 5.26 Å². The lowest BCUT2D eigenvalue weighted by Gasteiger charge is -2.17. The summed E-state index contributed by atoms with van der Waals surface area (Å²) in [7, 11) is -3.65. The number of ether oxygens (including phenoxy) is 1. The zero-order valence-corrected chi connectivity index (χ0v) is 18.7. The average molecular weight is 454 g/mol. The lowest BCUT2D eigenvalue weighted by Crippen LogP contribution is -2.40. The van der Waals surface area contributed by atoms with Crippen LogP contribution in [-0.4, -0.2) is 38.9 Å². The summed E-state index contributed by atoms with van der Waals surface area (Å²) in [6, 6.07) is 15.3. The Labute approximate surface area is 189 Å². The van der Waals surface area contributed by atoms with E-state index in [9.17, 15) is 13.2 Å². The molecular weight excluding hydrogens is 426 g/mol. The van der Waals surface area contributed by atoms with Gasteiger partial charge in [0.25, 0.3) is 10.0 Å². The average Bonchev–Trinajstić information content (AvgIpc) is 3.57. The molecule has 1 saturated carbocycles. The van der Waals surface area contributed by atoms with E-state index in [2.05, 4.69) is 4.83 Å². The van der Waals surface area contributed by atoms with Crippen molar-refractivity contribution in [1.82, 2.24) is 9.84 Å². The first-order valence-electron chi connectivity index (χ1n) is 11.0. The topological polar surface area (TPSA) is 99.5 Å². The molecule has 0 radical (unpaired) electrons. The van der Waals surface area contributed by atoms with Crippen LogP contribution < -0.4 is 9.57 Å². The number of hydrogen-bond acceptors (Lipinski definition) is 6. The Hall–Kier alpha value is -2.73. The summed E-state index contributed by atoms with van der Waals surface area (Å²) in [4.78, 5) is 14.8. The van der Waals surface area contributed by atoms with Crippen molar-refractivity contribution in [3.63, 3.8) is 0 Å². The number of hydrazine groups is 1. The molecule has 4 rings (SSSR count). The molecule has 2 aromatic rings. The Morgan fingerprint density at radius 3 is 2.47 bits per heavy atom. The van der Waals surface area contributed by atoms with Crippen LogP contribution in [0.4, 0.5) is 0 Å². The standard InChI is InChI=1S/C24H27N3O4S/c25-16-18-3-11-23(12-4-18)32(29,30)26-27-14-13-19(17-27)2-1-15-31-22-9-7-21(8-10-22)24(28)20-5-6-20/h3-4,7-12,19-20,26H,1-2,5-6,13-15,17H2/t19-/m1/s1. The molecule has 2 aliphatic rings. The molecule has 1 aliphatic heterocycles. The summed E-state index contributed by atoms with van der Waals surface area (Å²) in [5.74, 6) is 1.62. The molecule has 0 unspecified atom stereocenters. The molecule has 2 fully saturated rings. The number of nitriles is 1. The summed E-state index contributed by atoms with van der Waals surface area (Å²) in [6.45, 7) is 1.91. The second-order valence-corrected chi connectivity index (χ2v) is 10.1. The van der Waals surface area contributed by atoms with E-state index in [1.54, 1.807) is 5.01 Å². The predicted octanol–water partition coefficient (Wildman–Crippen LogP) is 3.53. The van der Waals surface area contributed by atoms with Crippen molar-refractivity contribution in [3.8, 4) is 11.8 Å². The molecule has 32 heavy (non-hydrogen) atoms. The largest absolute Gasteiger partial charge is 0.494 e. The Bertz CT molecular complexity index is 1090. The number of nitrogens with zero attached hydrogens (tertiary/aromatic N) is 2. The van der Waals surface area contributed by atoms with E-state index < -0.39 is 10.0 Å². The second kappa shape index (κ2) is 9.82. The van der Waals surface area contributed by atoms with E-state index >= 15 is 0 Å². The van der Waals surface area contributed by atoms with Gasteiger partial charge < -0.3 is 4.74 Å². The van der Waals surface area contributed by atoms with Crippen molar-refractivity contribution < 1.29 is 17.9 Å². The highest BCUT2D eigenvalue weighted by Crippen LogP contribution is 2.33. The van der Waals surface area contributed by atoms with Crippen LogP contribution in [0.5, 0.6) is 5.75 Å². The summed E-state index contributed by atoms with van der Waals surface area (Å²) in [5, 5.41) is 10.6. The normalized spacial score (nSPS) is 18.9. The zero-order chi connectivity index (χ0) is 22.6. The summed E-state index contributed by atoms with van der Waals surface area (Å²) >= 11 is 0. The van der Waals surface area contributed by atoms with Gasteiger partial charge >= 0.3 is 0 Å². The number of sulfonamides is 1. The van der Waals surface area contributed by atoms with Crippen LogP contribution in [-0.2, 0) is 10.0 Å². The predicted molar refractivity (Wildman–Crippen MR) is 119 cm³/mol. The van der Waals surface area contributed by atoms with E-state index in [0.29, 0.717) is 31.2 Å². The lowest BCUT2D eigenvalue weighted by atomic mass is 10.0. The third-order valence-corrected chi connectivity index (χ3v) is 7.33. The number of carbonyl (C=O) groups is 1. The fraction of sp³-hybridized carbons (Fsp3) is 0.417. The van der Waals surface area contributed by atoms with Gasteiger partial charge in [0.1, 0.15) is 5.75 Å². The molecule has 1 saturated heterocycles. The van der Waals surface area contributed by atoms with Crippen molar-refractivity contribution in [2.45, 2.75) is 37.0 Å². The fourth-order valence-electron chi connectivity index (χ4n) is 3.94.